The Morgan fingerprint density at radius 1 is 0.900 bits per heavy atom. The summed E-state index contributed by atoms with van der Waals surface area (Å²) in [5.41, 5.74) is 1.59. The summed E-state index contributed by atoms with van der Waals surface area (Å²) in [5.74, 6) is 0.213. The van der Waals surface area contributed by atoms with Crippen molar-refractivity contribution in [2.75, 3.05) is 13.2 Å². The van der Waals surface area contributed by atoms with Gasteiger partial charge in [-0.2, -0.15) is 0 Å². The van der Waals surface area contributed by atoms with Crippen LogP contribution in [0.3, 0.4) is 0 Å². The second kappa shape index (κ2) is 6.61. The van der Waals surface area contributed by atoms with E-state index >= 15 is 0 Å². The summed E-state index contributed by atoms with van der Waals surface area (Å²) in [6.45, 7) is 6.90. The molecule has 0 aromatic heterocycles. The molecule has 0 bridgehead atoms. The van der Waals surface area contributed by atoms with Crippen LogP contribution in [0.15, 0.2) is 65.7 Å². The van der Waals surface area contributed by atoms with Gasteiger partial charge < -0.3 is 4.74 Å². The van der Waals surface area contributed by atoms with E-state index in [9.17, 15) is 9.59 Å². The molecule has 0 saturated heterocycles. The second-order valence-electron chi connectivity index (χ2n) is 9.74. The summed E-state index contributed by atoms with van der Waals surface area (Å²) < 4.78 is 5.76. The van der Waals surface area contributed by atoms with Crippen LogP contribution in [-0.2, 0) is 9.53 Å². The fraction of sp³-hybridized carbons (Fsp3) is 0.333. The molecule has 152 valence electrons. The van der Waals surface area contributed by atoms with Crippen LogP contribution in [0, 0.1) is 10.8 Å². The number of carbonyl (C=O) groups is 2. The molecule has 1 aliphatic heterocycles. The molecule has 3 nitrogen and oxygen atoms in total. The number of Topliss-reactive ketones (excluding diaryl/α,β-unsaturated/α-hetero) is 2. The number of carbonyl (C=O) groups excluding carboxylic acids is 2. The molecule has 3 aromatic carbocycles. The van der Waals surface area contributed by atoms with Crippen LogP contribution < -0.4 is 0 Å². The van der Waals surface area contributed by atoms with Crippen LogP contribution >= 0.6 is 0 Å². The maximum atomic E-state index is 13.8. The lowest BCUT2D eigenvalue weighted by molar-refractivity contribution is -0.123. The van der Waals surface area contributed by atoms with E-state index in [1.54, 1.807) is 0 Å². The van der Waals surface area contributed by atoms with Crippen LogP contribution in [0.4, 0.5) is 0 Å². The second-order valence-corrected chi connectivity index (χ2v) is 9.74. The standard InChI is InChI=1S/C27H26O3/c1-26(2)13-24(28)27(3,16-26)23-15-30-14-22(23)25(29)21-12-17-8-4-5-9-18(17)19-10-6-7-11-20(19)21/h4-12H,13-16H2,1-3H3. The minimum atomic E-state index is -0.613. The lowest BCUT2D eigenvalue weighted by Crippen LogP contribution is -2.27. The number of rotatable bonds is 3. The van der Waals surface area contributed by atoms with Crippen molar-refractivity contribution in [1.82, 2.24) is 0 Å². The third kappa shape index (κ3) is 2.84. The van der Waals surface area contributed by atoms with E-state index in [-0.39, 0.29) is 23.6 Å². The molecule has 5 rings (SSSR count). The van der Waals surface area contributed by atoms with Gasteiger partial charge in [-0.15, -0.1) is 0 Å². The van der Waals surface area contributed by atoms with Gasteiger partial charge in [-0.3, -0.25) is 9.59 Å². The Hall–Kier alpha value is -2.78. The Morgan fingerprint density at radius 3 is 2.27 bits per heavy atom. The van der Waals surface area contributed by atoms with Crippen molar-refractivity contribution in [3.8, 4) is 0 Å². The first-order chi connectivity index (χ1) is 14.3. The minimum absolute atomic E-state index is 0.0109. The quantitative estimate of drug-likeness (QED) is 0.408. The number of ketones is 2. The lowest BCUT2D eigenvalue weighted by Gasteiger charge is -2.27. The summed E-state index contributed by atoms with van der Waals surface area (Å²) in [7, 11) is 0. The highest BCUT2D eigenvalue weighted by atomic mass is 16.5. The number of hydrogen-bond donors (Lipinski definition) is 0. The number of benzene rings is 3. The Bertz CT molecular complexity index is 1250. The van der Waals surface area contributed by atoms with Gasteiger partial charge in [0.2, 0.25) is 0 Å². The molecule has 1 fully saturated rings. The Morgan fingerprint density at radius 2 is 1.57 bits per heavy atom. The van der Waals surface area contributed by atoms with E-state index in [0.29, 0.717) is 24.2 Å². The van der Waals surface area contributed by atoms with E-state index in [1.807, 2.05) is 49.4 Å². The third-order valence-electron chi connectivity index (χ3n) is 6.90. The molecule has 3 aromatic rings. The van der Waals surface area contributed by atoms with E-state index in [4.69, 9.17) is 4.74 Å². The third-order valence-corrected chi connectivity index (χ3v) is 6.90. The van der Waals surface area contributed by atoms with Gasteiger partial charge in [0.15, 0.2) is 5.78 Å². The average Bonchev–Trinajstić information content (AvgIpc) is 3.30. The van der Waals surface area contributed by atoms with Crippen LogP contribution in [0.2, 0.25) is 0 Å². The number of hydrogen-bond acceptors (Lipinski definition) is 3. The summed E-state index contributed by atoms with van der Waals surface area (Å²) in [4.78, 5) is 26.8. The van der Waals surface area contributed by atoms with Gasteiger partial charge >= 0.3 is 0 Å². The molecule has 1 aliphatic carbocycles. The van der Waals surface area contributed by atoms with Crippen LogP contribution in [0.25, 0.3) is 21.5 Å². The first kappa shape index (κ1) is 19.2. The van der Waals surface area contributed by atoms with Crippen molar-refractivity contribution >= 4 is 33.1 Å². The van der Waals surface area contributed by atoms with E-state index in [1.165, 1.54) is 0 Å². The van der Waals surface area contributed by atoms with E-state index in [0.717, 1.165) is 33.5 Å². The molecule has 1 atom stereocenters. The normalized spacial score (nSPS) is 23.6. The highest BCUT2D eigenvalue weighted by Crippen LogP contribution is 2.52. The molecule has 2 aliphatic rings. The molecule has 0 radical (unpaired) electrons. The van der Waals surface area contributed by atoms with Crippen molar-refractivity contribution < 1.29 is 14.3 Å². The van der Waals surface area contributed by atoms with Gasteiger partial charge in [0.1, 0.15) is 5.78 Å². The van der Waals surface area contributed by atoms with E-state index in [2.05, 4.69) is 26.0 Å². The fourth-order valence-corrected chi connectivity index (χ4v) is 5.55. The first-order valence-electron chi connectivity index (χ1n) is 10.6. The van der Waals surface area contributed by atoms with Crippen LogP contribution in [0.5, 0.6) is 0 Å². The summed E-state index contributed by atoms with van der Waals surface area (Å²) >= 11 is 0. The minimum Gasteiger partial charge on any atom is -0.372 e. The summed E-state index contributed by atoms with van der Waals surface area (Å²) in [6, 6.07) is 18.2. The first-order valence-corrected chi connectivity index (χ1v) is 10.6. The van der Waals surface area contributed by atoms with Gasteiger partial charge in [0.05, 0.1) is 18.6 Å². The highest BCUT2D eigenvalue weighted by Gasteiger charge is 2.51. The smallest absolute Gasteiger partial charge is 0.192 e. The van der Waals surface area contributed by atoms with Crippen LogP contribution in [0.1, 0.15) is 44.0 Å². The Kier molecular flexibility index (Phi) is 4.23. The van der Waals surface area contributed by atoms with Crippen molar-refractivity contribution in [1.29, 1.82) is 0 Å². The fourth-order valence-electron chi connectivity index (χ4n) is 5.55. The maximum absolute atomic E-state index is 13.8. The van der Waals surface area contributed by atoms with Gasteiger partial charge in [0, 0.05) is 17.6 Å². The highest BCUT2D eigenvalue weighted by molar-refractivity contribution is 6.22. The zero-order chi connectivity index (χ0) is 21.1. The maximum Gasteiger partial charge on any atom is 0.192 e. The predicted octanol–water partition coefficient (Wildman–Crippen LogP) is 5.90. The molecule has 1 saturated carbocycles. The van der Waals surface area contributed by atoms with Gasteiger partial charge in [-0.05, 0) is 51.9 Å². The molecular formula is C27H26O3. The molecular weight excluding hydrogens is 372 g/mol. The molecule has 30 heavy (non-hydrogen) atoms. The molecule has 1 heterocycles. The van der Waals surface area contributed by atoms with Crippen LogP contribution in [-0.4, -0.2) is 24.8 Å². The zero-order valence-corrected chi connectivity index (χ0v) is 17.7. The SMILES string of the molecule is CC1(C)CC(=O)C(C)(C2=C(C(=O)c3cc4ccccc4c4ccccc34)COC2)C1. The number of fused-ring (bicyclic) bond motifs is 3. The van der Waals surface area contributed by atoms with Crippen molar-refractivity contribution in [3.63, 3.8) is 0 Å². The van der Waals surface area contributed by atoms with Crippen molar-refractivity contribution in [2.24, 2.45) is 10.8 Å². The van der Waals surface area contributed by atoms with Gasteiger partial charge in [-0.1, -0.05) is 62.4 Å². The largest absolute Gasteiger partial charge is 0.372 e. The topological polar surface area (TPSA) is 43.4 Å². The Balaban J connectivity index is 1.70. The average molecular weight is 399 g/mol. The lowest BCUT2D eigenvalue weighted by atomic mass is 9.74. The molecule has 0 N–H and O–H groups in total. The summed E-state index contributed by atoms with van der Waals surface area (Å²) in [5, 5.41) is 4.21. The molecule has 3 heteroatoms. The van der Waals surface area contributed by atoms with Crippen molar-refractivity contribution in [2.45, 2.75) is 33.6 Å². The number of ether oxygens (including phenoxy) is 1. The monoisotopic (exact) mass is 398 g/mol. The molecule has 0 spiro atoms. The zero-order valence-electron chi connectivity index (χ0n) is 17.7. The molecule has 1 unspecified atom stereocenters. The van der Waals surface area contributed by atoms with Crippen molar-refractivity contribution in [3.05, 3.63) is 71.3 Å². The van der Waals surface area contributed by atoms with Gasteiger partial charge in [0.25, 0.3) is 0 Å². The van der Waals surface area contributed by atoms with Gasteiger partial charge in [-0.25, -0.2) is 0 Å². The Labute approximate surface area is 176 Å². The van der Waals surface area contributed by atoms with E-state index < -0.39 is 5.41 Å². The predicted molar refractivity (Wildman–Crippen MR) is 120 cm³/mol. The molecule has 0 amide bonds. The summed E-state index contributed by atoms with van der Waals surface area (Å²) in [6.07, 6.45) is 1.31.